The van der Waals surface area contributed by atoms with Crippen LogP contribution in [0.2, 0.25) is 0 Å². The molecule has 0 unspecified atom stereocenters. The maximum Gasteiger partial charge on any atom is 0.250 e. The predicted molar refractivity (Wildman–Crippen MR) is 152 cm³/mol. The van der Waals surface area contributed by atoms with Gasteiger partial charge in [0.1, 0.15) is 11.6 Å². The molecule has 0 aliphatic heterocycles. The summed E-state index contributed by atoms with van der Waals surface area (Å²) in [4.78, 5) is 28.1. The first-order chi connectivity index (χ1) is 18.7. The van der Waals surface area contributed by atoms with Gasteiger partial charge in [0.25, 0.3) is 0 Å². The Balaban J connectivity index is 1.29. The number of halogens is 1. The van der Waals surface area contributed by atoms with E-state index in [0.717, 1.165) is 75.2 Å². The Morgan fingerprint density at radius 1 is 1.05 bits per heavy atom. The topological polar surface area (TPSA) is 64.0 Å². The molecule has 0 radical (unpaired) electrons. The van der Waals surface area contributed by atoms with Crippen molar-refractivity contribution in [2.45, 2.75) is 52.0 Å². The Labute approximate surface area is 227 Å². The number of ketones is 1. The summed E-state index contributed by atoms with van der Waals surface area (Å²) in [7, 11) is 1.76. The van der Waals surface area contributed by atoms with Gasteiger partial charge in [-0.2, -0.15) is 0 Å². The minimum Gasteiger partial charge on any atom is -0.377 e. The first-order valence-electron chi connectivity index (χ1n) is 13.5. The van der Waals surface area contributed by atoms with E-state index in [1.807, 2.05) is 30.5 Å². The monoisotopic (exact) mass is 521 g/mol. The van der Waals surface area contributed by atoms with E-state index < -0.39 is 0 Å². The minimum atomic E-state index is -0.187. The van der Waals surface area contributed by atoms with Crippen molar-refractivity contribution in [2.24, 2.45) is 13.0 Å². The summed E-state index contributed by atoms with van der Waals surface area (Å²) < 4.78 is 16.9. The van der Waals surface area contributed by atoms with Crippen molar-refractivity contribution in [3.8, 4) is 22.3 Å². The number of carbonyl (C=O) groups is 1. The van der Waals surface area contributed by atoms with E-state index in [4.69, 9.17) is 0 Å². The molecule has 2 aromatic heterocycles. The first kappa shape index (κ1) is 25.2. The zero-order valence-electron chi connectivity index (χ0n) is 22.7. The van der Waals surface area contributed by atoms with Gasteiger partial charge in [0.2, 0.25) is 5.56 Å². The first-order valence-corrected chi connectivity index (χ1v) is 13.5. The van der Waals surface area contributed by atoms with Gasteiger partial charge >= 0.3 is 0 Å². The van der Waals surface area contributed by atoms with Gasteiger partial charge < -0.3 is 9.88 Å². The maximum absolute atomic E-state index is 15.3. The third-order valence-electron chi connectivity index (χ3n) is 8.38. The van der Waals surface area contributed by atoms with Crippen LogP contribution in [0.25, 0.3) is 22.3 Å². The summed E-state index contributed by atoms with van der Waals surface area (Å²) >= 11 is 0. The van der Waals surface area contributed by atoms with Crippen LogP contribution in [0.15, 0.2) is 65.7 Å². The van der Waals surface area contributed by atoms with Gasteiger partial charge in [-0.15, -0.1) is 0 Å². The average molecular weight is 522 g/mol. The van der Waals surface area contributed by atoms with E-state index >= 15 is 4.39 Å². The molecule has 0 amide bonds. The summed E-state index contributed by atoms with van der Waals surface area (Å²) in [5.41, 5.74) is 10.1. The number of rotatable bonds is 6. The number of carbonyl (C=O) groups excluding carboxylic acids is 1. The van der Waals surface area contributed by atoms with Gasteiger partial charge in [0.15, 0.2) is 0 Å². The SMILES string of the molecule is CC(=O)[C@H]1C[C@@H]1c1ccc(N[C@@H]2CCc3c(-c4c(C)cc(-c5ccc(=O)n(C)c5)cc4C)ccc(F)c32)cn1. The van der Waals surface area contributed by atoms with E-state index in [-0.39, 0.29) is 35.0 Å². The standard InChI is InChI=1S/C33H32FN3O2/c1-18-13-22(21-5-12-31(39)37(4)17-21)14-19(2)32(18)24-7-9-28(34)33-25(24)8-11-30(33)36-23-6-10-29(35-16-23)27-15-26(27)20(3)38/h5-7,9-10,12-14,16-17,26-27,30,36H,8,11,15H2,1-4H3/t26-,27+,30-/m1/s1. The average Bonchev–Trinajstić information content (AvgIpc) is 3.61. The van der Waals surface area contributed by atoms with Crippen LogP contribution in [-0.4, -0.2) is 15.3 Å². The zero-order valence-corrected chi connectivity index (χ0v) is 22.7. The molecule has 0 bridgehead atoms. The molecule has 1 fully saturated rings. The second-order valence-corrected chi connectivity index (χ2v) is 11.1. The van der Waals surface area contributed by atoms with Gasteiger partial charge in [-0.1, -0.05) is 18.2 Å². The number of aryl methyl sites for hydroxylation is 3. The van der Waals surface area contributed by atoms with Gasteiger partial charge in [-0.05, 0) is 103 Å². The second-order valence-electron chi connectivity index (χ2n) is 11.1. The number of pyridine rings is 2. The summed E-state index contributed by atoms with van der Waals surface area (Å²) in [6.45, 7) is 5.84. The molecule has 5 nitrogen and oxygen atoms in total. The van der Waals surface area contributed by atoms with Crippen molar-refractivity contribution in [3.05, 3.63) is 105 Å². The molecule has 1 N–H and O–H groups in total. The Kier molecular flexibility index (Phi) is 6.21. The van der Waals surface area contributed by atoms with Crippen molar-refractivity contribution in [1.29, 1.82) is 0 Å². The molecular formula is C33H32FN3O2. The lowest BCUT2D eigenvalue weighted by molar-refractivity contribution is -0.118. The van der Waals surface area contributed by atoms with Crippen molar-refractivity contribution in [3.63, 3.8) is 0 Å². The number of Topliss-reactive ketones (excluding diaryl/α,β-unsaturated/α-hetero) is 1. The Morgan fingerprint density at radius 2 is 1.82 bits per heavy atom. The number of aromatic nitrogens is 2. The number of nitrogens with zero attached hydrogens (tertiary/aromatic N) is 2. The third kappa shape index (κ3) is 4.58. The molecule has 198 valence electrons. The lowest BCUT2D eigenvalue weighted by Crippen LogP contribution is -2.13. The zero-order chi connectivity index (χ0) is 27.4. The largest absolute Gasteiger partial charge is 0.377 e. The summed E-state index contributed by atoms with van der Waals surface area (Å²) in [6, 6.07) is 15.1. The fraction of sp³-hybridized carbons (Fsp3) is 0.303. The van der Waals surface area contributed by atoms with Crippen LogP contribution in [0, 0.1) is 25.6 Å². The van der Waals surface area contributed by atoms with Crippen LogP contribution in [0.5, 0.6) is 0 Å². The Morgan fingerprint density at radius 3 is 2.46 bits per heavy atom. The maximum atomic E-state index is 15.3. The van der Waals surface area contributed by atoms with Crippen LogP contribution in [-0.2, 0) is 18.3 Å². The molecule has 1 saturated carbocycles. The quantitative estimate of drug-likeness (QED) is 0.308. The van der Waals surface area contributed by atoms with E-state index in [2.05, 4.69) is 36.3 Å². The van der Waals surface area contributed by atoms with Gasteiger partial charge in [0, 0.05) is 42.4 Å². The normalized spacial score (nSPS) is 19.6. The molecule has 2 aromatic carbocycles. The number of anilines is 1. The second kappa shape index (κ2) is 9.60. The molecule has 39 heavy (non-hydrogen) atoms. The molecule has 3 atom stereocenters. The fourth-order valence-corrected chi connectivity index (χ4v) is 6.30. The van der Waals surface area contributed by atoms with Crippen LogP contribution < -0.4 is 10.9 Å². The van der Waals surface area contributed by atoms with Crippen LogP contribution in [0.3, 0.4) is 0 Å². The molecule has 6 heteroatoms. The van der Waals surface area contributed by atoms with Crippen molar-refractivity contribution in [2.75, 3.05) is 5.32 Å². The van der Waals surface area contributed by atoms with Gasteiger partial charge in [0.05, 0.1) is 17.9 Å². The highest BCUT2D eigenvalue weighted by Gasteiger charge is 2.42. The van der Waals surface area contributed by atoms with Crippen molar-refractivity contribution in [1.82, 2.24) is 9.55 Å². The Hall–Kier alpha value is -4.06. The van der Waals surface area contributed by atoms with E-state index in [1.165, 1.54) is 0 Å². The van der Waals surface area contributed by atoms with Gasteiger partial charge in [-0.25, -0.2) is 4.39 Å². The molecule has 2 aliphatic carbocycles. The summed E-state index contributed by atoms with van der Waals surface area (Å²) in [5.74, 6) is 0.376. The fourth-order valence-electron chi connectivity index (χ4n) is 6.30. The minimum absolute atomic E-state index is 0.0369. The van der Waals surface area contributed by atoms with E-state index in [9.17, 15) is 9.59 Å². The molecule has 0 spiro atoms. The lowest BCUT2D eigenvalue weighted by Gasteiger charge is -2.19. The Bertz CT molecular complexity index is 1650. The van der Waals surface area contributed by atoms with E-state index in [1.54, 1.807) is 36.9 Å². The smallest absolute Gasteiger partial charge is 0.250 e. The number of nitrogens with one attached hydrogen (secondary N) is 1. The van der Waals surface area contributed by atoms with Crippen molar-refractivity contribution < 1.29 is 9.18 Å². The van der Waals surface area contributed by atoms with Gasteiger partial charge in [-0.3, -0.25) is 14.6 Å². The van der Waals surface area contributed by atoms with Crippen LogP contribution in [0.4, 0.5) is 10.1 Å². The molecule has 4 aromatic rings. The van der Waals surface area contributed by atoms with Crippen LogP contribution in [0.1, 0.15) is 59.7 Å². The summed E-state index contributed by atoms with van der Waals surface area (Å²) in [6.07, 6.45) is 6.13. The number of fused-ring (bicyclic) bond motifs is 1. The third-order valence-corrected chi connectivity index (χ3v) is 8.38. The highest BCUT2D eigenvalue weighted by atomic mass is 19.1. The molecule has 2 heterocycles. The lowest BCUT2D eigenvalue weighted by atomic mass is 9.88. The molecule has 2 aliphatic rings. The summed E-state index contributed by atoms with van der Waals surface area (Å²) in [5, 5.41) is 3.51. The number of hydrogen-bond acceptors (Lipinski definition) is 4. The molecule has 6 rings (SSSR count). The highest BCUT2D eigenvalue weighted by molar-refractivity contribution is 5.82. The molecular weight excluding hydrogens is 489 g/mol. The predicted octanol–water partition coefficient (Wildman–Crippen LogP) is 6.66. The number of benzene rings is 2. The molecule has 0 saturated heterocycles. The van der Waals surface area contributed by atoms with Crippen LogP contribution >= 0.6 is 0 Å². The number of hydrogen-bond donors (Lipinski definition) is 1. The highest BCUT2D eigenvalue weighted by Crippen LogP contribution is 2.47. The van der Waals surface area contributed by atoms with E-state index in [0.29, 0.717) is 0 Å². The van der Waals surface area contributed by atoms with Crippen molar-refractivity contribution >= 4 is 11.5 Å².